The van der Waals surface area contributed by atoms with Crippen LogP contribution < -0.4 is 20.7 Å². The predicted molar refractivity (Wildman–Crippen MR) is 109 cm³/mol. The number of hydrogen-bond acceptors (Lipinski definition) is 7. The van der Waals surface area contributed by atoms with E-state index in [4.69, 9.17) is 9.47 Å². The van der Waals surface area contributed by atoms with Crippen molar-refractivity contribution in [1.82, 2.24) is 14.1 Å². The number of hydrogen-bond donors (Lipinski definition) is 1. The number of aromatic hydroxyl groups is 1. The van der Waals surface area contributed by atoms with E-state index in [1.54, 1.807) is 25.1 Å². The summed E-state index contributed by atoms with van der Waals surface area (Å²) in [4.78, 5) is 37.4. The molecule has 1 atom stereocenters. The molecule has 0 fully saturated rings. The Morgan fingerprint density at radius 2 is 1.90 bits per heavy atom. The van der Waals surface area contributed by atoms with E-state index >= 15 is 0 Å². The minimum atomic E-state index is -0.680. The fourth-order valence-electron chi connectivity index (χ4n) is 3.48. The number of nitrogens with zero attached hydrogens (tertiary/aromatic N) is 4. The highest BCUT2D eigenvalue weighted by Gasteiger charge is 2.36. The maximum absolute atomic E-state index is 12.7. The molecule has 1 amide bonds. The molecule has 0 spiro atoms. The third-order valence-electron chi connectivity index (χ3n) is 5.19. The minimum absolute atomic E-state index is 0.108. The van der Waals surface area contributed by atoms with E-state index in [0.717, 1.165) is 9.13 Å². The SMILES string of the molecule is CCC(=O)N1N=C(c2c(O)n(C)c(=O)n(C)c2=O)C[C@@H]1c1ccc(OC)cc1OC. The Morgan fingerprint density at radius 1 is 1.20 bits per heavy atom. The van der Waals surface area contributed by atoms with Crippen LogP contribution in [0.25, 0.3) is 0 Å². The summed E-state index contributed by atoms with van der Waals surface area (Å²) in [5.74, 6) is 0.345. The van der Waals surface area contributed by atoms with E-state index in [-0.39, 0.29) is 30.0 Å². The van der Waals surface area contributed by atoms with Crippen molar-refractivity contribution in [1.29, 1.82) is 0 Å². The van der Waals surface area contributed by atoms with Gasteiger partial charge in [0.05, 0.1) is 26.0 Å². The predicted octanol–water partition coefficient (Wildman–Crippen LogP) is 0.894. The van der Waals surface area contributed by atoms with Crippen LogP contribution in [0.3, 0.4) is 0 Å². The van der Waals surface area contributed by atoms with Gasteiger partial charge in [0.2, 0.25) is 11.8 Å². The van der Waals surface area contributed by atoms with Crippen molar-refractivity contribution in [3.63, 3.8) is 0 Å². The molecule has 0 bridgehead atoms. The first-order valence-electron chi connectivity index (χ1n) is 9.35. The molecule has 10 heteroatoms. The summed E-state index contributed by atoms with van der Waals surface area (Å²) in [5.41, 5.74) is -0.549. The van der Waals surface area contributed by atoms with Crippen LogP contribution >= 0.6 is 0 Å². The molecular formula is C20H24N4O6. The lowest BCUT2D eigenvalue weighted by Gasteiger charge is -2.23. The Hall–Kier alpha value is -3.56. The van der Waals surface area contributed by atoms with Gasteiger partial charge < -0.3 is 14.6 Å². The van der Waals surface area contributed by atoms with Crippen LogP contribution in [0, 0.1) is 0 Å². The first kappa shape index (κ1) is 21.2. The number of ether oxygens (including phenoxy) is 2. The molecule has 0 unspecified atom stereocenters. The zero-order chi connectivity index (χ0) is 22.2. The molecule has 1 N–H and O–H groups in total. The molecule has 2 aromatic rings. The third-order valence-corrected chi connectivity index (χ3v) is 5.19. The van der Waals surface area contributed by atoms with Gasteiger partial charge in [-0.25, -0.2) is 9.80 Å². The van der Waals surface area contributed by atoms with Crippen LogP contribution in [-0.2, 0) is 18.9 Å². The molecule has 1 aromatic carbocycles. The second-order valence-corrected chi connectivity index (χ2v) is 6.87. The van der Waals surface area contributed by atoms with Crippen molar-refractivity contribution in [2.45, 2.75) is 25.8 Å². The number of carbonyl (C=O) groups is 1. The number of methoxy groups -OCH3 is 2. The van der Waals surface area contributed by atoms with Crippen molar-refractivity contribution in [2.24, 2.45) is 19.2 Å². The minimum Gasteiger partial charge on any atom is -0.497 e. The number of hydrazone groups is 1. The molecule has 0 saturated heterocycles. The van der Waals surface area contributed by atoms with Crippen LogP contribution in [0.15, 0.2) is 32.9 Å². The molecule has 0 saturated carbocycles. The molecule has 0 aliphatic carbocycles. The Kier molecular flexibility index (Phi) is 5.68. The topological polar surface area (TPSA) is 115 Å². The van der Waals surface area contributed by atoms with Gasteiger partial charge in [-0.2, -0.15) is 5.10 Å². The zero-order valence-electron chi connectivity index (χ0n) is 17.5. The van der Waals surface area contributed by atoms with Gasteiger partial charge in [-0.3, -0.25) is 18.7 Å². The molecule has 160 valence electrons. The highest BCUT2D eigenvalue weighted by atomic mass is 16.5. The van der Waals surface area contributed by atoms with Gasteiger partial charge in [0, 0.05) is 38.6 Å². The van der Waals surface area contributed by atoms with Gasteiger partial charge in [0.25, 0.3) is 5.56 Å². The molecule has 10 nitrogen and oxygen atoms in total. The van der Waals surface area contributed by atoms with Gasteiger partial charge >= 0.3 is 5.69 Å². The van der Waals surface area contributed by atoms with Crippen molar-refractivity contribution in [2.75, 3.05) is 14.2 Å². The summed E-state index contributed by atoms with van der Waals surface area (Å²) in [5, 5.41) is 16.1. The quantitative estimate of drug-likeness (QED) is 0.774. The average molecular weight is 416 g/mol. The summed E-state index contributed by atoms with van der Waals surface area (Å²) in [7, 11) is 5.73. The maximum Gasteiger partial charge on any atom is 0.333 e. The van der Waals surface area contributed by atoms with E-state index in [1.165, 1.54) is 33.3 Å². The van der Waals surface area contributed by atoms with Crippen LogP contribution in [0.2, 0.25) is 0 Å². The van der Waals surface area contributed by atoms with E-state index in [0.29, 0.717) is 17.1 Å². The first-order valence-corrected chi connectivity index (χ1v) is 9.35. The molecule has 1 aliphatic heterocycles. The number of rotatable bonds is 5. The highest BCUT2D eigenvalue weighted by molar-refractivity contribution is 6.04. The van der Waals surface area contributed by atoms with Crippen molar-refractivity contribution < 1.29 is 19.4 Å². The van der Waals surface area contributed by atoms with Gasteiger partial charge in [0.1, 0.15) is 17.1 Å². The average Bonchev–Trinajstić information content (AvgIpc) is 3.20. The van der Waals surface area contributed by atoms with Crippen LogP contribution in [0.1, 0.15) is 36.9 Å². The van der Waals surface area contributed by atoms with Crippen molar-refractivity contribution in [3.05, 3.63) is 50.2 Å². The molecule has 3 rings (SSSR count). The van der Waals surface area contributed by atoms with E-state index in [2.05, 4.69) is 5.10 Å². The number of carbonyl (C=O) groups excluding carboxylic acids is 1. The lowest BCUT2D eigenvalue weighted by molar-refractivity contribution is -0.132. The van der Waals surface area contributed by atoms with Gasteiger partial charge in [-0.15, -0.1) is 0 Å². The Bertz CT molecular complexity index is 1150. The summed E-state index contributed by atoms with van der Waals surface area (Å²) < 4.78 is 12.6. The summed E-state index contributed by atoms with van der Waals surface area (Å²) in [6, 6.07) is 4.67. The number of amides is 1. The van der Waals surface area contributed by atoms with Gasteiger partial charge in [-0.05, 0) is 12.1 Å². The molecule has 0 radical (unpaired) electrons. The van der Waals surface area contributed by atoms with Crippen LogP contribution in [0.4, 0.5) is 0 Å². The third kappa shape index (κ3) is 3.34. The summed E-state index contributed by atoms with van der Waals surface area (Å²) >= 11 is 0. The van der Waals surface area contributed by atoms with E-state index in [1.807, 2.05) is 0 Å². The van der Waals surface area contributed by atoms with Crippen molar-refractivity contribution >= 4 is 11.6 Å². The summed E-state index contributed by atoms with van der Waals surface area (Å²) in [6.45, 7) is 1.71. The van der Waals surface area contributed by atoms with Crippen LogP contribution in [-0.4, -0.2) is 45.1 Å². The number of aromatic nitrogens is 2. The van der Waals surface area contributed by atoms with Crippen molar-refractivity contribution in [3.8, 4) is 17.4 Å². The Balaban J connectivity index is 2.16. The molecule has 1 aliphatic rings. The monoisotopic (exact) mass is 416 g/mol. The lowest BCUT2D eigenvalue weighted by atomic mass is 9.98. The van der Waals surface area contributed by atoms with Gasteiger partial charge in [0.15, 0.2) is 0 Å². The van der Waals surface area contributed by atoms with E-state index < -0.39 is 23.2 Å². The van der Waals surface area contributed by atoms with Crippen LogP contribution in [0.5, 0.6) is 17.4 Å². The van der Waals surface area contributed by atoms with E-state index in [9.17, 15) is 19.5 Å². The lowest BCUT2D eigenvalue weighted by Crippen LogP contribution is -2.39. The molecular weight excluding hydrogens is 392 g/mol. The highest BCUT2D eigenvalue weighted by Crippen LogP contribution is 2.39. The Morgan fingerprint density at radius 3 is 2.50 bits per heavy atom. The standard InChI is InChI=1S/C20H24N4O6/c1-6-16(25)24-14(12-8-7-11(29-4)9-15(12)30-5)10-13(21-24)17-18(26)22(2)20(28)23(3)19(17)27/h7-9,14,26H,6,10H2,1-5H3/t14-/m1/s1. The number of benzene rings is 1. The van der Waals surface area contributed by atoms with Gasteiger partial charge in [-0.1, -0.05) is 6.92 Å². The largest absolute Gasteiger partial charge is 0.497 e. The second-order valence-electron chi connectivity index (χ2n) is 6.87. The normalized spacial score (nSPS) is 15.8. The first-order chi connectivity index (χ1) is 14.2. The second kappa shape index (κ2) is 8.05. The smallest absolute Gasteiger partial charge is 0.333 e. The molecule has 2 heterocycles. The zero-order valence-corrected chi connectivity index (χ0v) is 17.5. The fraction of sp³-hybridized carbons (Fsp3) is 0.400. The molecule has 30 heavy (non-hydrogen) atoms. The Labute approximate surface area is 172 Å². The maximum atomic E-state index is 12.7. The molecule has 1 aromatic heterocycles. The summed E-state index contributed by atoms with van der Waals surface area (Å²) in [6.07, 6.45) is 0.360. The fourth-order valence-corrected chi connectivity index (χ4v) is 3.48.